The third kappa shape index (κ3) is 4.15. The van der Waals surface area contributed by atoms with Gasteiger partial charge in [0.2, 0.25) is 0 Å². The third-order valence-electron chi connectivity index (χ3n) is 2.94. The van der Waals surface area contributed by atoms with Crippen molar-refractivity contribution in [2.24, 2.45) is 5.92 Å². The maximum atomic E-state index is 3.28. The highest BCUT2D eigenvalue weighted by atomic mass is 15.1. The summed E-state index contributed by atoms with van der Waals surface area (Å²) in [5, 5.41) is 0. The molecule has 1 aliphatic rings. The molecule has 0 aromatic heterocycles. The van der Waals surface area contributed by atoms with E-state index in [-0.39, 0.29) is 0 Å². The second kappa shape index (κ2) is 6.90. The van der Waals surface area contributed by atoms with Gasteiger partial charge in [-0.1, -0.05) is 13.8 Å². The molecule has 1 heterocycles. The molecule has 0 aliphatic carbocycles. The minimum atomic E-state index is 0.877. The lowest BCUT2D eigenvalue weighted by atomic mass is 9.94. The molecule has 0 unspecified atom stereocenters. The summed E-state index contributed by atoms with van der Waals surface area (Å²) >= 11 is 0. The Morgan fingerprint density at radius 3 is 2.43 bits per heavy atom. The van der Waals surface area contributed by atoms with Crippen molar-refractivity contribution in [2.75, 3.05) is 19.6 Å². The van der Waals surface area contributed by atoms with Crippen molar-refractivity contribution in [3.63, 3.8) is 0 Å². The van der Waals surface area contributed by atoms with Crippen molar-refractivity contribution in [1.29, 1.82) is 0 Å². The van der Waals surface area contributed by atoms with E-state index < -0.39 is 0 Å². The lowest BCUT2D eigenvalue weighted by Crippen LogP contribution is -2.34. The lowest BCUT2D eigenvalue weighted by Gasteiger charge is -2.30. The van der Waals surface area contributed by atoms with E-state index in [4.69, 9.17) is 0 Å². The molecule has 1 heteroatoms. The standard InChI is InChI=1S/C13H23N/c1-3-5-6-7-13-8-11-14(10-4-2)12-9-13/h13H,3-4,7-12H2,1-2H3. The molecule has 0 aromatic carbocycles. The molecule has 1 rings (SSSR count). The topological polar surface area (TPSA) is 3.24 Å². The van der Waals surface area contributed by atoms with Gasteiger partial charge >= 0.3 is 0 Å². The van der Waals surface area contributed by atoms with Crippen LogP contribution in [0.1, 0.15) is 46.0 Å². The first-order valence-electron chi connectivity index (χ1n) is 6.04. The molecular formula is C13H23N. The van der Waals surface area contributed by atoms with E-state index >= 15 is 0 Å². The van der Waals surface area contributed by atoms with Gasteiger partial charge in [0.05, 0.1) is 0 Å². The average molecular weight is 193 g/mol. The van der Waals surface area contributed by atoms with E-state index in [1.54, 1.807) is 0 Å². The van der Waals surface area contributed by atoms with Gasteiger partial charge in [-0.25, -0.2) is 0 Å². The molecule has 0 atom stereocenters. The minimum Gasteiger partial charge on any atom is -0.303 e. The molecule has 0 aromatic rings. The van der Waals surface area contributed by atoms with Gasteiger partial charge in [0.25, 0.3) is 0 Å². The van der Waals surface area contributed by atoms with Crippen LogP contribution in [0.25, 0.3) is 0 Å². The fourth-order valence-electron chi connectivity index (χ4n) is 2.07. The van der Waals surface area contributed by atoms with E-state index in [2.05, 4.69) is 30.6 Å². The van der Waals surface area contributed by atoms with Crippen molar-refractivity contribution in [3.05, 3.63) is 0 Å². The van der Waals surface area contributed by atoms with Gasteiger partial charge in [0, 0.05) is 12.8 Å². The monoisotopic (exact) mass is 193 g/mol. The Bertz CT molecular complexity index is 191. The summed E-state index contributed by atoms with van der Waals surface area (Å²) in [6, 6.07) is 0. The summed E-state index contributed by atoms with van der Waals surface area (Å²) in [5.74, 6) is 7.33. The summed E-state index contributed by atoms with van der Waals surface area (Å²) in [4.78, 5) is 2.59. The summed E-state index contributed by atoms with van der Waals surface area (Å²) in [5.41, 5.74) is 0. The Morgan fingerprint density at radius 1 is 1.14 bits per heavy atom. The smallest absolute Gasteiger partial charge is 0.0118 e. The van der Waals surface area contributed by atoms with Crippen molar-refractivity contribution in [1.82, 2.24) is 4.90 Å². The fraction of sp³-hybridized carbons (Fsp3) is 0.846. The highest BCUT2D eigenvalue weighted by Gasteiger charge is 2.17. The van der Waals surface area contributed by atoms with Crippen molar-refractivity contribution >= 4 is 0 Å². The van der Waals surface area contributed by atoms with Crippen LogP contribution >= 0.6 is 0 Å². The highest BCUT2D eigenvalue weighted by Crippen LogP contribution is 2.19. The molecule has 1 aliphatic heterocycles. The van der Waals surface area contributed by atoms with E-state index in [1.807, 2.05) is 0 Å². The second-order valence-corrected chi connectivity index (χ2v) is 4.20. The number of hydrogen-bond acceptors (Lipinski definition) is 1. The summed E-state index contributed by atoms with van der Waals surface area (Å²) in [6.45, 7) is 8.27. The first-order valence-corrected chi connectivity index (χ1v) is 6.04. The zero-order valence-corrected chi connectivity index (χ0v) is 9.68. The zero-order chi connectivity index (χ0) is 10.2. The Balaban J connectivity index is 2.15. The van der Waals surface area contributed by atoms with Gasteiger partial charge < -0.3 is 4.90 Å². The van der Waals surface area contributed by atoms with Crippen LogP contribution in [0.3, 0.4) is 0 Å². The zero-order valence-electron chi connectivity index (χ0n) is 9.68. The summed E-state index contributed by atoms with van der Waals surface area (Å²) < 4.78 is 0. The second-order valence-electron chi connectivity index (χ2n) is 4.20. The predicted molar refractivity (Wildman–Crippen MR) is 62.1 cm³/mol. The van der Waals surface area contributed by atoms with Gasteiger partial charge in [0.1, 0.15) is 0 Å². The van der Waals surface area contributed by atoms with Crippen LogP contribution < -0.4 is 0 Å². The van der Waals surface area contributed by atoms with Crippen LogP contribution in [-0.2, 0) is 0 Å². The molecule has 1 saturated heterocycles. The Morgan fingerprint density at radius 2 is 1.86 bits per heavy atom. The van der Waals surface area contributed by atoms with Crippen LogP contribution in [0.5, 0.6) is 0 Å². The van der Waals surface area contributed by atoms with E-state index in [1.165, 1.54) is 38.9 Å². The van der Waals surface area contributed by atoms with Gasteiger partial charge in [-0.05, 0) is 44.8 Å². The largest absolute Gasteiger partial charge is 0.303 e. The molecule has 0 amide bonds. The van der Waals surface area contributed by atoms with Crippen molar-refractivity contribution in [3.8, 4) is 11.8 Å². The number of piperidine rings is 1. The molecule has 1 nitrogen and oxygen atoms in total. The van der Waals surface area contributed by atoms with Crippen molar-refractivity contribution < 1.29 is 0 Å². The normalized spacial score (nSPS) is 19.0. The predicted octanol–water partition coefficient (Wildman–Crippen LogP) is 2.91. The molecule has 80 valence electrons. The van der Waals surface area contributed by atoms with Gasteiger partial charge in [-0.3, -0.25) is 0 Å². The van der Waals surface area contributed by atoms with Gasteiger partial charge in [-0.2, -0.15) is 0 Å². The van der Waals surface area contributed by atoms with Crippen LogP contribution in [0.15, 0.2) is 0 Å². The van der Waals surface area contributed by atoms with Gasteiger partial charge in [-0.15, -0.1) is 11.8 Å². The van der Waals surface area contributed by atoms with Crippen LogP contribution in [0.4, 0.5) is 0 Å². The van der Waals surface area contributed by atoms with E-state index in [0.29, 0.717) is 0 Å². The molecule has 0 radical (unpaired) electrons. The SMILES string of the molecule is CCC#CCC1CCN(CCC)CC1. The van der Waals surface area contributed by atoms with Crippen LogP contribution in [-0.4, -0.2) is 24.5 Å². The quantitative estimate of drug-likeness (QED) is 0.623. The van der Waals surface area contributed by atoms with Crippen LogP contribution in [0, 0.1) is 17.8 Å². The average Bonchev–Trinajstić information content (AvgIpc) is 2.21. The van der Waals surface area contributed by atoms with E-state index in [0.717, 1.165) is 18.8 Å². The molecule has 0 saturated carbocycles. The number of nitrogens with zero attached hydrogens (tertiary/aromatic N) is 1. The number of hydrogen-bond donors (Lipinski definition) is 0. The summed E-state index contributed by atoms with van der Waals surface area (Å²) in [7, 11) is 0. The molecule has 0 spiro atoms. The molecule has 0 N–H and O–H groups in total. The molecule has 14 heavy (non-hydrogen) atoms. The third-order valence-corrected chi connectivity index (χ3v) is 2.94. The maximum absolute atomic E-state index is 3.28. The number of rotatable bonds is 3. The Labute approximate surface area is 88.9 Å². The molecule has 0 bridgehead atoms. The highest BCUT2D eigenvalue weighted by molar-refractivity contribution is 4.99. The fourth-order valence-corrected chi connectivity index (χ4v) is 2.07. The molecule has 1 fully saturated rings. The summed E-state index contributed by atoms with van der Waals surface area (Å²) in [6.07, 6.45) is 6.15. The first-order chi connectivity index (χ1) is 6.86. The molecular weight excluding hydrogens is 170 g/mol. The van der Waals surface area contributed by atoms with Gasteiger partial charge in [0.15, 0.2) is 0 Å². The van der Waals surface area contributed by atoms with E-state index in [9.17, 15) is 0 Å². The van der Waals surface area contributed by atoms with Crippen molar-refractivity contribution in [2.45, 2.75) is 46.0 Å². The lowest BCUT2D eigenvalue weighted by molar-refractivity contribution is 0.187. The first kappa shape index (κ1) is 11.6. The Hall–Kier alpha value is -0.480. The maximum Gasteiger partial charge on any atom is 0.0118 e. The van der Waals surface area contributed by atoms with Crippen LogP contribution in [0.2, 0.25) is 0 Å². The Kier molecular flexibility index (Phi) is 5.71. The number of likely N-dealkylation sites (tertiary alicyclic amines) is 1. The minimum absolute atomic E-state index is 0.877.